The van der Waals surface area contributed by atoms with E-state index >= 15 is 0 Å². The van der Waals surface area contributed by atoms with Crippen LogP contribution in [0.1, 0.15) is 115 Å². The lowest BCUT2D eigenvalue weighted by atomic mass is 10.2. The van der Waals surface area contributed by atoms with E-state index in [1.165, 1.54) is 34.0 Å². The van der Waals surface area contributed by atoms with Gasteiger partial charge in [0.05, 0.1) is 48.9 Å². The number of hydrogen-bond acceptors (Lipinski definition) is 19. The topological polar surface area (TPSA) is 435 Å². The Kier molecular flexibility index (Phi) is 36.9. The van der Waals surface area contributed by atoms with Gasteiger partial charge in [0.25, 0.3) is 5.91 Å². The number of carbonyl (C=O) groups is 9. The minimum absolute atomic E-state index is 0. The first-order valence-electron chi connectivity index (χ1n) is 32.3. The van der Waals surface area contributed by atoms with E-state index in [0.29, 0.717) is 46.4 Å². The van der Waals surface area contributed by atoms with E-state index in [0.717, 1.165) is 73.5 Å². The number of alkyl carbamates (subject to hydrolysis) is 2. The number of aliphatic hydroxyl groups excluding tert-OH is 1. The summed E-state index contributed by atoms with van der Waals surface area (Å²) in [5.41, 5.74) is 24.9. The molecule has 105 heavy (non-hydrogen) atoms. The summed E-state index contributed by atoms with van der Waals surface area (Å²) in [6.07, 6.45) is -2.85. The molecule has 13 amide bonds. The molecular formula is C73H99N15O13S4. The van der Waals surface area contributed by atoms with Crippen molar-refractivity contribution in [1.82, 2.24) is 21.3 Å². The summed E-state index contributed by atoms with van der Waals surface area (Å²) in [5.74, 6) is -1.14. The third-order valence-electron chi connectivity index (χ3n) is 13.0. The SMILES string of the molecule is C.CC(C)(C)OC(=O)NCC(O)O.Cc1ccc(NC(=O)Nc2cc(C)sc2C(N)=O)cc1.Cc1ccc(NC(=O)Nc2cc(C)sc2CN)cc1.Cc1ccc(NC(=O)Nc2cc(C)sc2CNC(=O)CN)cc1.Cc1ccc(NC(=O)Nc2cc(C)sc2CNC(=O)CNC(=O)OC(C)(C)C)cc1. The molecule has 0 aliphatic rings. The number of primary amides is 1. The quantitative estimate of drug-likeness (QED) is 0.0335. The van der Waals surface area contributed by atoms with Crippen LogP contribution in [0.4, 0.5) is 74.3 Å². The number of hydrogen-bond donors (Lipinski definition) is 17. The van der Waals surface area contributed by atoms with E-state index < -0.39 is 41.6 Å². The first-order chi connectivity index (χ1) is 48.8. The zero-order valence-electron chi connectivity index (χ0n) is 60.6. The molecule has 0 atom stereocenters. The Labute approximate surface area is 628 Å². The molecule has 0 spiro atoms. The molecule has 568 valence electrons. The van der Waals surface area contributed by atoms with Gasteiger partial charge in [-0.3, -0.25) is 14.4 Å². The van der Waals surface area contributed by atoms with Crippen LogP contribution in [0.3, 0.4) is 0 Å². The second-order valence-electron chi connectivity index (χ2n) is 25.0. The number of aryl methyl sites for hydroxylation is 8. The Morgan fingerprint density at radius 1 is 0.410 bits per heavy atom. The molecule has 0 radical (unpaired) electrons. The molecular weight excluding hydrogens is 1420 g/mol. The summed E-state index contributed by atoms with van der Waals surface area (Å²) in [4.78, 5) is 112. The van der Waals surface area contributed by atoms with Crippen molar-refractivity contribution in [2.75, 3.05) is 62.2 Å². The van der Waals surface area contributed by atoms with Crippen molar-refractivity contribution in [3.8, 4) is 0 Å². The number of nitrogens with two attached hydrogens (primary N) is 3. The van der Waals surface area contributed by atoms with Gasteiger partial charge in [-0.05, 0) is 170 Å². The van der Waals surface area contributed by atoms with Crippen LogP contribution in [0.5, 0.6) is 0 Å². The van der Waals surface area contributed by atoms with Gasteiger partial charge in [0.1, 0.15) is 22.6 Å². The summed E-state index contributed by atoms with van der Waals surface area (Å²) in [7, 11) is 0. The molecule has 0 fully saturated rings. The van der Waals surface area contributed by atoms with Crippen LogP contribution < -0.4 is 81.0 Å². The summed E-state index contributed by atoms with van der Waals surface area (Å²) >= 11 is 5.84. The molecule has 8 aromatic rings. The van der Waals surface area contributed by atoms with Crippen LogP contribution in [0.25, 0.3) is 0 Å². The normalized spacial score (nSPS) is 10.4. The molecule has 4 aromatic carbocycles. The summed E-state index contributed by atoms with van der Waals surface area (Å²) in [5, 5.41) is 48.9. The minimum Gasteiger partial charge on any atom is -0.444 e. The van der Waals surface area contributed by atoms with Crippen molar-refractivity contribution in [2.24, 2.45) is 17.2 Å². The lowest BCUT2D eigenvalue weighted by molar-refractivity contribution is -0.121. The van der Waals surface area contributed by atoms with Crippen LogP contribution in [-0.4, -0.2) is 101 Å². The molecule has 0 saturated heterocycles. The van der Waals surface area contributed by atoms with Gasteiger partial charge in [0.2, 0.25) is 11.8 Å². The van der Waals surface area contributed by atoms with Gasteiger partial charge in [0.15, 0.2) is 6.29 Å². The van der Waals surface area contributed by atoms with Crippen molar-refractivity contribution in [3.63, 3.8) is 0 Å². The highest BCUT2D eigenvalue weighted by Crippen LogP contribution is 2.30. The lowest BCUT2D eigenvalue weighted by Gasteiger charge is -2.19. The van der Waals surface area contributed by atoms with Gasteiger partial charge in [-0.25, -0.2) is 28.8 Å². The Bertz CT molecular complexity index is 4140. The molecule has 8 rings (SSSR count). The Balaban J connectivity index is 0.000000349. The lowest BCUT2D eigenvalue weighted by Crippen LogP contribution is -2.39. The molecule has 0 bridgehead atoms. The molecule has 4 heterocycles. The number of thiophene rings is 4. The van der Waals surface area contributed by atoms with Crippen molar-refractivity contribution < 1.29 is 62.8 Å². The maximum Gasteiger partial charge on any atom is 0.408 e. The molecule has 0 saturated carbocycles. The van der Waals surface area contributed by atoms with Gasteiger partial charge in [-0.2, -0.15) is 0 Å². The molecule has 28 nitrogen and oxygen atoms in total. The average molecular weight is 1520 g/mol. The largest absolute Gasteiger partial charge is 0.444 e. The van der Waals surface area contributed by atoms with Crippen molar-refractivity contribution >= 4 is 145 Å². The first-order valence-corrected chi connectivity index (χ1v) is 35.6. The number of aliphatic hydroxyl groups is 2. The van der Waals surface area contributed by atoms with Gasteiger partial charge >= 0.3 is 36.3 Å². The van der Waals surface area contributed by atoms with Crippen LogP contribution in [-0.2, 0) is 38.7 Å². The number of anilines is 8. The van der Waals surface area contributed by atoms with Crippen molar-refractivity contribution in [3.05, 3.63) is 183 Å². The highest BCUT2D eigenvalue weighted by molar-refractivity contribution is 7.14. The van der Waals surface area contributed by atoms with Crippen LogP contribution in [0, 0.1) is 55.4 Å². The smallest absolute Gasteiger partial charge is 0.408 e. The molecule has 4 aromatic heterocycles. The predicted molar refractivity (Wildman–Crippen MR) is 424 cm³/mol. The van der Waals surface area contributed by atoms with Crippen LogP contribution in [0.15, 0.2) is 121 Å². The van der Waals surface area contributed by atoms with E-state index in [9.17, 15) is 43.2 Å². The fourth-order valence-electron chi connectivity index (χ4n) is 8.34. The predicted octanol–water partition coefficient (Wildman–Crippen LogP) is 13.8. The van der Waals surface area contributed by atoms with E-state index in [2.05, 4.69) is 63.8 Å². The van der Waals surface area contributed by atoms with E-state index in [-0.39, 0.29) is 63.5 Å². The highest BCUT2D eigenvalue weighted by Gasteiger charge is 2.20. The Morgan fingerprint density at radius 2 is 0.705 bits per heavy atom. The minimum atomic E-state index is -1.54. The van der Waals surface area contributed by atoms with Gasteiger partial charge in [-0.15, -0.1) is 45.3 Å². The third kappa shape index (κ3) is 36.0. The fourth-order valence-corrected chi connectivity index (χ4v) is 11.9. The van der Waals surface area contributed by atoms with Crippen LogP contribution in [0.2, 0.25) is 0 Å². The monoisotopic (exact) mass is 1520 g/mol. The van der Waals surface area contributed by atoms with E-state index in [4.69, 9.17) is 36.9 Å². The Morgan fingerprint density at radius 3 is 1.02 bits per heavy atom. The Hall–Kier alpha value is -10.4. The molecule has 0 aliphatic carbocycles. The number of nitrogens with one attached hydrogen (secondary N) is 12. The standard InChI is InChI=1S/C21H28N4O4S.C16H20N4O2S.C14H15N3O2S.C14H17N3OS.C7H15NO4.CH4/c1-13-6-8-15(9-7-13)24-19(27)25-16-10-14(2)30-17(16)11-22-18(26)12-23-20(28)29-21(3,4)5;1-10-3-5-12(6-4-10)19-16(22)20-13-7-11(2)23-14(13)9-18-15(21)8-17;1-8-3-5-10(6-4-8)16-14(19)17-11-7-9(2)20-12(11)13(15)18;1-9-3-5-11(6-4-9)16-14(18)17-12-7-10(2)19-13(12)8-15;1-7(2,3)12-6(11)8-4-5(9)10;/h6-10H,11-12H2,1-5H3,(H,22,26)(H,23,28)(H2,24,25,27);3-7H,8-9,17H2,1-2H3,(H,18,21)(H2,19,20,22);3-7H,1-2H3,(H2,15,18)(H2,16,17,19);3-7H,8,15H2,1-2H3,(H2,16,17,18);5,9-10H,4H2,1-3H3,(H,8,11);1H4. The van der Waals surface area contributed by atoms with Crippen molar-refractivity contribution in [1.29, 1.82) is 0 Å². The molecule has 0 unspecified atom stereocenters. The number of carbonyl (C=O) groups excluding carboxylic acids is 9. The molecule has 0 aliphatic heterocycles. The number of amides is 13. The van der Waals surface area contributed by atoms with Gasteiger partial charge in [0, 0.05) is 63.4 Å². The maximum atomic E-state index is 12.3. The van der Waals surface area contributed by atoms with Crippen LogP contribution >= 0.6 is 45.3 Å². The highest BCUT2D eigenvalue weighted by atomic mass is 32.1. The maximum absolute atomic E-state index is 12.3. The van der Waals surface area contributed by atoms with Crippen molar-refractivity contribution in [2.45, 2.75) is 141 Å². The third-order valence-corrected chi connectivity index (χ3v) is 17.2. The average Bonchev–Trinajstić information content (AvgIpc) is 1.73. The number of benzene rings is 4. The fraction of sp³-hybridized carbons (Fsp3) is 0.329. The first kappa shape index (κ1) is 88.8. The summed E-state index contributed by atoms with van der Waals surface area (Å²) in [6.45, 7) is 26.6. The van der Waals surface area contributed by atoms with E-state index in [1.807, 2.05) is 171 Å². The number of rotatable bonds is 19. The number of ether oxygens (including phenoxy) is 2. The van der Waals surface area contributed by atoms with Gasteiger partial charge < -0.3 is 101 Å². The van der Waals surface area contributed by atoms with Gasteiger partial charge in [-0.1, -0.05) is 78.2 Å². The van der Waals surface area contributed by atoms with E-state index in [1.54, 1.807) is 58.9 Å². The second kappa shape index (κ2) is 43.6. The summed E-state index contributed by atoms with van der Waals surface area (Å²) < 4.78 is 9.91. The molecule has 32 heteroatoms. The zero-order valence-corrected chi connectivity index (χ0v) is 63.9. The molecule has 20 N–H and O–H groups in total. The zero-order chi connectivity index (χ0) is 77.4. The summed E-state index contributed by atoms with van der Waals surface area (Å²) in [6, 6.07) is 36.1. The second-order valence-corrected chi connectivity index (χ2v) is 30.3. The number of urea groups is 4.